The van der Waals surface area contributed by atoms with Gasteiger partial charge in [-0.1, -0.05) is 18.2 Å². The van der Waals surface area contributed by atoms with E-state index in [0.717, 1.165) is 0 Å². The van der Waals surface area contributed by atoms with Gasteiger partial charge in [0.2, 0.25) is 0 Å². The normalized spacial score (nSPS) is 21.1. The fraction of sp³-hybridized carbons (Fsp3) is 0.429. The molecule has 5 rings (SSSR count). The van der Waals surface area contributed by atoms with Gasteiger partial charge in [-0.15, -0.1) is 0 Å². The highest BCUT2D eigenvalue weighted by Gasteiger charge is 2.37. The third-order valence-electron chi connectivity index (χ3n) is 7.62. The summed E-state index contributed by atoms with van der Waals surface area (Å²) >= 11 is 0. The Balaban J connectivity index is 1.45. The van der Waals surface area contributed by atoms with E-state index in [9.17, 15) is 27.5 Å². The molecule has 38 heavy (non-hydrogen) atoms. The van der Waals surface area contributed by atoms with Gasteiger partial charge < -0.3 is 19.5 Å². The number of urea groups is 1. The lowest BCUT2D eigenvalue weighted by Gasteiger charge is -2.41. The van der Waals surface area contributed by atoms with E-state index in [-0.39, 0.29) is 29.2 Å². The summed E-state index contributed by atoms with van der Waals surface area (Å²) < 4.78 is 56.5. The predicted molar refractivity (Wildman–Crippen MR) is 134 cm³/mol. The average molecular weight is 531 g/mol. The Bertz CT molecular complexity index is 1300. The number of likely N-dealkylation sites (tertiary alicyclic amines) is 2. The lowest BCUT2D eigenvalue weighted by Crippen LogP contribution is -2.51. The number of benzene rings is 2. The molecule has 2 aromatic carbocycles. The predicted octanol–water partition coefficient (Wildman–Crippen LogP) is 5.49. The number of alkyl halides is 3. The number of imidazole rings is 1. The molecule has 2 atom stereocenters. The first-order valence-electron chi connectivity index (χ1n) is 12.8. The van der Waals surface area contributed by atoms with Gasteiger partial charge in [0.1, 0.15) is 5.82 Å². The molecular weight excluding hydrogens is 500 g/mol. The Morgan fingerprint density at radius 2 is 1.76 bits per heavy atom. The van der Waals surface area contributed by atoms with Crippen LogP contribution in [0.4, 0.5) is 22.4 Å². The first kappa shape index (κ1) is 26.2. The van der Waals surface area contributed by atoms with Crippen molar-refractivity contribution in [3.63, 3.8) is 0 Å². The highest BCUT2D eigenvalue weighted by atomic mass is 19.4. The summed E-state index contributed by atoms with van der Waals surface area (Å²) in [6, 6.07) is 10.3. The standard InChI is InChI=1S/C28H30F4N4O2/c1-18-5-6-19(12-25(18)28(30,31)32)20-11-21(15-35(14-20)27(38)34-9-7-24(37)8-10-34)26-16-36(17-33-26)23-4-2-3-22(29)13-23/h2-6,12-13,16-17,20-21,24,37H,7-11,14-15H2,1H3. The number of aryl methyl sites for hydroxylation is 1. The molecule has 2 fully saturated rings. The molecule has 202 valence electrons. The van der Waals surface area contributed by atoms with Crippen LogP contribution in [0.3, 0.4) is 0 Å². The van der Waals surface area contributed by atoms with Crippen LogP contribution in [-0.2, 0) is 6.18 Å². The Morgan fingerprint density at radius 3 is 2.47 bits per heavy atom. The third-order valence-corrected chi connectivity index (χ3v) is 7.62. The zero-order valence-electron chi connectivity index (χ0n) is 21.0. The molecule has 1 aromatic heterocycles. The molecular formula is C28H30F4N4O2. The van der Waals surface area contributed by atoms with Crippen molar-refractivity contribution < 1.29 is 27.5 Å². The van der Waals surface area contributed by atoms with Crippen molar-refractivity contribution in [2.24, 2.45) is 0 Å². The van der Waals surface area contributed by atoms with Gasteiger partial charge in [-0.25, -0.2) is 14.2 Å². The summed E-state index contributed by atoms with van der Waals surface area (Å²) in [5.74, 6) is -0.925. The van der Waals surface area contributed by atoms with E-state index in [2.05, 4.69) is 4.98 Å². The summed E-state index contributed by atoms with van der Waals surface area (Å²) in [5, 5.41) is 9.85. The van der Waals surface area contributed by atoms with Crippen LogP contribution in [0.15, 0.2) is 55.0 Å². The second-order valence-electron chi connectivity index (χ2n) is 10.3. The highest BCUT2D eigenvalue weighted by molar-refractivity contribution is 5.75. The molecule has 2 aliphatic rings. The van der Waals surface area contributed by atoms with Gasteiger partial charge in [-0.05, 0) is 61.6 Å². The maximum atomic E-state index is 13.8. The molecule has 2 aliphatic heterocycles. The summed E-state index contributed by atoms with van der Waals surface area (Å²) in [5.41, 5.74) is 1.31. The van der Waals surface area contributed by atoms with E-state index in [4.69, 9.17) is 0 Å². The van der Waals surface area contributed by atoms with Crippen molar-refractivity contribution in [2.75, 3.05) is 26.2 Å². The lowest BCUT2D eigenvalue weighted by atomic mass is 9.82. The van der Waals surface area contributed by atoms with Crippen molar-refractivity contribution in [2.45, 2.75) is 50.3 Å². The maximum Gasteiger partial charge on any atom is 0.416 e. The number of carbonyl (C=O) groups is 1. The number of aliphatic hydroxyl groups is 1. The maximum absolute atomic E-state index is 13.8. The van der Waals surface area contributed by atoms with Gasteiger partial charge >= 0.3 is 12.2 Å². The Morgan fingerprint density at radius 1 is 1.03 bits per heavy atom. The molecule has 10 heteroatoms. The summed E-state index contributed by atoms with van der Waals surface area (Å²) in [4.78, 5) is 21.4. The molecule has 0 saturated carbocycles. The number of rotatable bonds is 3. The molecule has 3 heterocycles. The van der Waals surface area contributed by atoms with Crippen LogP contribution in [0, 0.1) is 12.7 Å². The second-order valence-corrected chi connectivity index (χ2v) is 10.3. The molecule has 6 nitrogen and oxygen atoms in total. The summed E-state index contributed by atoms with van der Waals surface area (Å²) in [6.45, 7) is 2.97. The average Bonchev–Trinajstić information content (AvgIpc) is 3.39. The number of hydrogen-bond donors (Lipinski definition) is 1. The van der Waals surface area contributed by atoms with E-state index in [0.29, 0.717) is 62.4 Å². The van der Waals surface area contributed by atoms with Gasteiger partial charge in [0.15, 0.2) is 0 Å². The number of carbonyl (C=O) groups excluding carboxylic acids is 1. The fourth-order valence-corrected chi connectivity index (χ4v) is 5.49. The van der Waals surface area contributed by atoms with Crippen LogP contribution in [0.5, 0.6) is 0 Å². The van der Waals surface area contributed by atoms with Crippen LogP contribution in [0.25, 0.3) is 5.69 Å². The fourth-order valence-electron chi connectivity index (χ4n) is 5.49. The molecule has 0 bridgehead atoms. The number of aromatic nitrogens is 2. The first-order valence-corrected chi connectivity index (χ1v) is 12.8. The Kier molecular flexibility index (Phi) is 7.17. The van der Waals surface area contributed by atoms with Gasteiger partial charge in [-0.2, -0.15) is 13.2 Å². The zero-order chi connectivity index (χ0) is 27.0. The molecule has 3 aromatic rings. The van der Waals surface area contributed by atoms with E-state index < -0.39 is 17.8 Å². The first-order chi connectivity index (χ1) is 18.1. The van der Waals surface area contributed by atoms with Gasteiger partial charge in [0.05, 0.1) is 23.7 Å². The molecule has 2 saturated heterocycles. The monoisotopic (exact) mass is 530 g/mol. The third kappa shape index (κ3) is 5.55. The van der Waals surface area contributed by atoms with Gasteiger partial charge in [0, 0.05) is 49.9 Å². The molecule has 0 aliphatic carbocycles. The van der Waals surface area contributed by atoms with E-state index in [1.54, 1.807) is 45.1 Å². The van der Waals surface area contributed by atoms with Crippen LogP contribution < -0.4 is 0 Å². The second kappa shape index (κ2) is 10.4. The summed E-state index contributed by atoms with van der Waals surface area (Å²) in [7, 11) is 0. The van der Waals surface area contributed by atoms with Crippen LogP contribution in [-0.4, -0.2) is 62.8 Å². The van der Waals surface area contributed by atoms with Crippen LogP contribution in [0.1, 0.15) is 53.5 Å². The summed E-state index contributed by atoms with van der Waals surface area (Å²) in [6.07, 6.45) is -0.0155. The molecule has 0 spiro atoms. The minimum atomic E-state index is -4.47. The quantitative estimate of drug-likeness (QED) is 0.456. The number of aliphatic hydroxyl groups excluding tert-OH is 1. The van der Waals surface area contributed by atoms with E-state index in [1.165, 1.54) is 31.2 Å². The minimum Gasteiger partial charge on any atom is -0.393 e. The SMILES string of the molecule is Cc1ccc(C2CC(c3cn(-c4cccc(F)c4)cn3)CN(C(=O)N3CCC(O)CC3)C2)cc1C(F)(F)F. The van der Waals surface area contributed by atoms with Gasteiger partial charge in [-0.3, -0.25) is 0 Å². The number of hydrogen-bond acceptors (Lipinski definition) is 3. The molecule has 2 unspecified atom stereocenters. The number of nitrogens with zero attached hydrogens (tertiary/aromatic N) is 4. The van der Waals surface area contributed by atoms with Crippen LogP contribution in [0.2, 0.25) is 0 Å². The Hall–Kier alpha value is -3.40. The van der Waals surface area contributed by atoms with Gasteiger partial charge in [0.25, 0.3) is 0 Å². The molecule has 0 radical (unpaired) electrons. The highest BCUT2D eigenvalue weighted by Crippen LogP contribution is 2.39. The van der Waals surface area contributed by atoms with Crippen molar-refractivity contribution in [3.05, 3.63) is 83.2 Å². The molecule has 1 N–H and O–H groups in total. The van der Waals surface area contributed by atoms with Crippen LogP contribution >= 0.6 is 0 Å². The topological polar surface area (TPSA) is 61.6 Å². The van der Waals surface area contributed by atoms with Crippen molar-refractivity contribution in [3.8, 4) is 5.69 Å². The van der Waals surface area contributed by atoms with E-state index >= 15 is 0 Å². The van der Waals surface area contributed by atoms with Crippen molar-refractivity contribution in [1.29, 1.82) is 0 Å². The lowest BCUT2D eigenvalue weighted by molar-refractivity contribution is -0.138. The Labute approximate surface area is 218 Å². The number of piperidine rings is 2. The molecule has 2 amide bonds. The largest absolute Gasteiger partial charge is 0.416 e. The number of halogens is 4. The van der Waals surface area contributed by atoms with Crippen molar-refractivity contribution >= 4 is 6.03 Å². The number of amides is 2. The van der Waals surface area contributed by atoms with E-state index in [1.807, 2.05) is 0 Å². The minimum absolute atomic E-state index is 0.155. The smallest absolute Gasteiger partial charge is 0.393 e. The van der Waals surface area contributed by atoms with Crippen molar-refractivity contribution in [1.82, 2.24) is 19.4 Å². The zero-order valence-corrected chi connectivity index (χ0v) is 21.0.